The van der Waals surface area contributed by atoms with Crippen molar-refractivity contribution >= 4 is 11.7 Å². The van der Waals surface area contributed by atoms with Gasteiger partial charge < -0.3 is 14.4 Å². The van der Waals surface area contributed by atoms with E-state index >= 15 is 0 Å². The zero-order valence-corrected chi connectivity index (χ0v) is 10.9. The summed E-state index contributed by atoms with van der Waals surface area (Å²) in [5.74, 6) is 1.46. The summed E-state index contributed by atoms with van der Waals surface area (Å²) >= 11 is 0. The summed E-state index contributed by atoms with van der Waals surface area (Å²) in [6, 6.07) is 0. The molecule has 17 heavy (non-hydrogen) atoms. The molecule has 0 radical (unpaired) electrons. The zero-order valence-electron chi connectivity index (χ0n) is 10.9. The van der Waals surface area contributed by atoms with Gasteiger partial charge in [0.05, 0.1) is 20.8 Å². The van der Waals surface area contributed by atoms with Gasteiger partial charge in [0.1, 0.15) is 5.70 Å². The highest BCUT2D eigenvalue weighted by molar-refractivity contribution is 6.16. The van der Waals surface area contributed by atoms with Crippen LogP contribution < -0.4 is 0 Å². The van der Waals surface area contributed by atoms with Gasteiger partial charge in [-0.3, -0.25) is 4.79 Å². The van der Waals surface area contributed by atoms with E-state index in [9.17, 15) is 4.79 Å². The lowest BCUT2D eigenvalue weighted by Crippen LogP contribution is -2.71. The molecule has 1 saturated heterocycles. The van der Waals surface area contributed by atoms with E-state index in [0.29, 0.717) is 18.3 Å². The van der Waals surface area contributed by atoms with Crippen LogP contribution in [0.15, 0.2) is 16.6 Å². The highest BCUT2D eigenvalue weighted by atomic mass is 16.5. The fraction of sp³-hybridized carbons (Fsp3) is 0.667. The van der Waals surface area contributed by atoms with Crippen LogP contribution in [0.2, 0.25) is 0 Å². The topological polar surface area (TPSA) is 51.1 Å². The van der Waals surface area contributed by atoms with Crippen LogP contribution in [0.4, 0.5) is 0 Å². The van der Waals surface area contributed by atoms with E-state index in [1.807, 2.05) is 25.7 Å². The van der Waals surface area contributed by atoms with Crippen molar-refractivity contribution in [1.82, 2.24) is 4.90 Å². The average Bonchev–Trinajstić information content (AvgIpc) is 2.30. The summed E-state index contributed by atoms with van der Waals surface area (Å²) in [5, 5.41) is 0. The van der Waals surface area contributed by atoms with Gasteiger partial charge >= 0.3 is 0 Å². The molecule has 2 rings (SSSR count). The Kier molecular flexibility index (Phi) is 2.64. The van der Waals surface area contributed by atoms with Crippen molar-refractivity contribution in [3.8, 4) is 0 Å². The fourth-order valence-electron chi connectivity index (χ4n) is 2.26. The third-order valence-electron chi connectivity index (χ3n) is 3.42. The van der Waals surface area contributed by atoms with Crippen molar-refractivity contribution in [1.29, 1.82) is 0 Å². The largest absolute Gasteiger partial charge is 0.482 e. The Labute approximate surface area is 101 Å². The molecule has 2 aliphatic rings. The second-order valence-corrected chi connectivity index (χ2v) is 4.75. The zero-order chi connectivity index (χ0) is 12.8. The van der Waals surface area contributed by atoms with Gasteiger partial charge in [0.15, 0.2) is 11.3 Å². The van der Waals surface area contributed by atoms with Gasteiger partial charge in [-0.05, 0) is 6.92 Å². The van der Waals surface area contributed by atoms with E-state index < -0.39 is 5.54 Å². The number of fused-ring (bicyclic) bond motifs is 1. The van der Waals surface area contributed by atoms with Crippen LogP contribution in [-0.2, 0) is 14.3 Å². The monoisotopic (exact) mass is 238 g/mol. The number of carbonyl (C=O) groups is 1. The van der Waals surface area contributed by atoms with Crippen LogP contribution in [0.1, 0.15) is 20.8 Å². The van der Waals surface area contributed by atoms with E-state index in [1.54, 1.807) is 14.2 Å². The number of hydrogen-bond donors (Lipinski definition) is 0. The molecule has 0 aliphatic carbocycles. The number of methoxy groups -OCH3 is 2. The molecule has 0 aromatic rings. The van der Waals surface area contributed by atoms with Crippen LogP contribution >= 0.6 is 0 Å². The molecule has 0 spiro atoms. The fourth-order valence-corrected chi connectivity index (χ4v) is 2.26. The van der Waals surface area contributed by atoms with Crippen LogP contribution in [0, 0.1) is 5.92 Å². The molecule has 0 bridgehead atoms. The van der Waals surface area contributed by atoms with Gasteiger partial charge in [-0.1, -0.05) is 13.8 Å². The minimum Gasteiger partial charge on any atom is -0.482 e. The maximum atomic E-state index is 11.8. The van der Waals surface area contributed by atoms with Gasteiger partial charge in [0.2, 0.25) is 11.8 Å². The molecule has 5 nitrogen and oxygen atoms in total. The van der Waals surface area contributed by atoms with Crippen LogP contribution in [0.3, 0.4) is 0 Å². The van der Waals surface area contributed by atoms with Crippen molar-refractivity contribution in [2.24, 2.45) is 10.9 Å². The van der Waals surface area contributed by atoms with Crippen molar-refractivity contribution in [3.05, 3.63) is 11.6 Å². The first-order chi connectivity index (χ1) is 7.96. The Balaban J connectivity index is 2.52. The number of ketones is 1. The second-order valence-electron chi connectivity index (χ2n) is 4.75. The number of nitrogens with zero attached hydrogens (tertiary/aromatic N) is 2. The third kappa shape index (κ3) is 1.38. The predicted octanol–water partition coefficient (Wildman–Crippen LogP) is 1.16. The smallest absolute Gasteiger partial charge is 0.222 e. The van der Waals surface area contributed by atoms with E-state index in [2.05, 4.69) is 4.99 Å². The molecule has 0 amide bonds. The van der Waals surface area contributed by atoms with Crippen molar-refractivity contribution in [2.45, 2.75) is 26.3 Å². The van der Waals surface area contributed by atoms with E-state index in [-0.39, 0.29) is 11.7 Å². The first kappa shape index (κ1) is 12.0. The normalized spacial score (nSPS) is 27.8. The number of allylic oxidation sites excluding steroid dienone is 1. The van der Waals surface area contributed by atoms with Crippen LogP contribution in [-0.4, -0.2) is 42.9 Å². The highest BCUT2D eigenvalue weighted by Gasteiger charge is 2.58. The van der Waals surface area contributed by atoms with Crippen molar-refractivity contribution in [3.63, 3.8) is 0 Å². The predicted molar refractivity (Wildman–Crippen MR) is 63.4 cm³/mol. The molecule has 0 unspecified atom stereocenters. The van der Waals surface area contributed by atoms with E-state index in [1.165, 1.54) is 0 Å². The number of rotatable bonds is 2. The lowest BCUT2D eigenvalue weighted by molar-refractivity contribution is -0.142. The summed E-state index contributed by atoms with van der Waals surface area (Å²) in [5.41, 5.74) is 0.0488. The quantitative estimate of drug-likeness (QED) is 0.724. The Hall–Kier alpha value is -1.52. The summed E-state index contributed by atoms with van der Waals surface area (Å²) in [6.07, 6.45) is 0. The molecular formula is C12H18N2O3. The average molecular weight is 238 g/mol. The van der Waals surface area contributed by atoms with Crippen molar-refractivity contribution < 1.29 is 14.3 Å². The lowest BCUT2D eigenvalue weighted by Gasteiger charge is -2.51. The molecule has 2 aliphatic heterocycles. The molecule has 0 N–H and O–H groups in total. The van der Waals surface area contributed by atoms with Crippen molar-refractivity contribution in [2.75, 3.05) is 20.8 Å². The minimum absolute atomic E-state index is 0.107. The van der Waals surface area contributed by atoms with Gasteiger partial charge in [0.25, 0.3) is 0 Å². The number of Topliss-reactive ketones (excluding diaryl/α,β-unsaturated/α-hetero) is 1. The Bertz CT molecular complexity index is 425. The Morgan fingerprint density at radius 2 is 2.00 bits per heavy atom. The molecule has 1 atom stereocenters. The Morgan fingerprint density at radius 1 is 1.35 bits per heavy atom. The first-order valence-electron chi connectivity index (χ1n) is 5.69. The Morgan fingerprint density at radius 3 is 2.41 bits per heavy atom. The number of carbonyl (C=O) groups excluding carboxylic acids is 1. The third-order valence-corrected chi connectivity index (χ3v) is 3.42. The molecule has 94 valence electrons. The van der Waals surface area contributed by atoms with Gasteiger partial charge in [-0.15, -0.1) is 0 Å². The molecule has 0 aromatic carbocycles. The summed E-state index contributed by atoms with van der Waals surface area (Å²) in [7, 11) is 3.15. The minimum atomic E-state index is -0.779. The van der Waals surface area contributed by atoms with Crippen LogP contribution in [0.5, 0.6) is 0 Å². The standard InChI is InChI=1S/C12H18N2O3/c1-7(2)9-10(16-4)14-6-8(15)12(14,3)11(13-9)17-5/h7H,6H2,1-5H3/t12-/m0/s1. The van der Waals surface area contributed by atoms with Crippen LogP contribution in [0.25, 0.3) is 0 Å². The van der Waals surface area contributed by atoms with Gasteiger partial charge in [-0.25, -0.2) is 4.99 Å². The number of ether oxygens (including phenoxy) is 2. The van der Waals surface area contributed by atoms with E-state index in [0.717, 1.165) is 5.70 Å². The molecule has 2 heterocycles. The molecular weight excluding hydrogens is 220 g/mol. The van der Waals surface area contributed by atoms with Gasteiger partial charge in [0, 0.05) is 5.92 Å². The van der Waals surface area contributed by atoms with E-state index in [4.69, 9.17) is 9.47 Å². The molecule has 0 aromatic heterocycles. The summed E-state index contributed by atoms with van der Waals surface area (Å²) < 4.78 is 10.7. The summed E-state index contributed by atoms with van der Waals surface area (Å²) in [4.78, 5) is 18.2. The molecule has 5 heteroatoms. The highest BCUT2D eigenvalue weighted by Crippen LogP contribution is 2.39. The SMILES string of the molecule is COC1=NC(C(C)C)=C(OC)N2CC(=O)[C@@]12C. The molecule has 1 fully saturated rings. The first-order valence-corrected chi connectivity index (χ1v) is 5.69. The van der Waals surface area contributed by atoms with Gasteiger partial charge in [-0.2, -0.15) is 0 Å². The molecule has 0 saturated carbocycles. The maximum Gasteiger partial charge on any atom is 0.222 e. The maximum absolute atomic E-state index is 11.8. The second kappa shape index (κ2) is 3.75. The lowest BCUT2D eigenvalue weighted by atomic mass is 9.83. The number of hydrogen-bond acceptors (Lipinski definition) is 5. The number of aliphatic imine (C=N–C) groups is 1. The summed E-state index contributed by atoms with van der Waals surface area (Å²) in [6.45, 7) is 6.25.